The molecule has 0 aliphatic rings. The highest BCUT2D eigenvalue weighted by atomic mass is 16.4. The molecule has 0 saturated heterocycles. The second-order valence-electron chi connectivity index (χ2n) is 2.78. The van der Waals surface area contributed by atoms with Gasteiger partial charge in [-0.2, -0.15) is 5.21 Å². The van der Waals surface area contributed by atoms with E-state index in [-0.39, 0.29) is 12.4 Å². The summed E-state index contributed by atoms with van der Waals surface area (Å²) in [6, 6.07) is 0. The first-order chi connectivity index (χ1) is 7.25. The second kappa shape index (κ2) is 3.86. The van der Waals surface area contributed by atoms with Gasteiger partial charge in [0.2, 0.25) is 5.89 Å². The van der Waals surface area contributed by atoms with Gasteiger partial charge in [-0.25, -0.2) is 4.98 Å². The largest absolute Gasteiger partial charge is 0.444 e. The van der Waals surface area contributed by atoms with Crippen LogP contribution in [0.4, 0.5) is 0 Å². The van der Waals surface area contributed by atoms with Gasteiger partial charge in [-0.3, -0.25) is 4.79 Å². The van der Waals surface area contributed by atoms with E-state index in [0.29, 0.717) is 11.7 Å². The molecule has 0 bridgehead atoms. The lowest BCUT2D eigenvalue weighted by molar-refractivity contribution is 0.0936. The molecule has 2 heterocycles. The summed E-state index contributed by atoms with van der Waals surface area (Å²) in [4.78, 5) is 15.2. The summed E-state index contributed by atoms with van der Waals surface area (Å²) < 4.78 is 5.16. The summed E-state index contributed by atoms with van der Waals surface area (Å²) in [7, 11) is 0. The molecule has 2 N–H and O–H groups in total. The summed E-state index contributed by atoms with van der Waals surface area (Å²) >= 11 is 0. The van der Waals surface area contributed by atoms with E-state index in [1.54, 1.807) is 13.1 Å². The van der Waals surface area contributed by atoms with E-state index >= 15 is 0 Å². The van der Waals surface area contributed by atoms with Gasteiger partial charge in [-0.1, -0.05) is 0 Å². The third-order valence-electron chi connectivity index (χ3n) is 1.62. The van der Waals surface area contributed by atoms with Crippen molar-refractivity contribution in [1.82, 2.24) is 30.9 Å². The Morgan fingerprint density at radius 3 is 3.13 bits per heavy atom. The van der Waals surface area contributed by atoms with Gasteiger partial charge in [-0.15, -0.1) is 10.2 Å². The third-order valence-corrected chi connectivity index (χ3v) is 1.62. The number of aryl methyl sites for hydroxylation is 1. The molecule has 0 aromatic carbocycles. The van der Waals surface area contributed by atoms with Crippen molar-refractivity contribution >= 4 is 5.91 Å². The molecule has 2 aromatic heterocycles. The van der Waals surface area contributed by atoms with Crippen molar-refractivity contribution in [2.75, 3.05) is 0 Å². The van der Waals surface area contributed by atoms with Crippen LogP contribution in [0.25, 0.3) is 0 Å². The van der Waals surface area contributed by atoms with Crippen molar-refractivity contribution in [3.63, 3.8) is 0 Å². The molecular weight excluding hydrogens is 200 g/mol. The Labute approximate surface area is 84.1 Å². The van der Waals surface area contributed by atoms with E-state index in [9.17, 15) is 4.79 Å². The van der Waals surface area contributed by atoms with Gasteiger partial charge in [0, 0.05) is 0 Å². The molecule has 0 fully saturated rings. The van der Waals surface area contributed by atoms with Gasteiger partial charge in [0.25, 0.3) is 11.7 Å². The van der Waals surface area contributed by atoms with Crippen molar-refractivity contribution in [2.24, 2.45) is 0 Å². The highest BCUT2D eigenvalue weighted by Crippen LogP contribution is 2.00. The first kappa shape index (κ1) is 9.31. The number of oxazole rings is 1. The zero-order valence-corrected chi connectivity index (χ0v) is 7.89. The van der Waals surface area contributed by atoms with Gasteiger partial charge in [0.05, 0.1) is 12.7 Å². The Hall–Kier alpha value is -2.25. The molecule has 2 rings (SSSR count). The number of amides is 1. The van der Waals surface area contributed by atoms with Crippen LogP contribution in [0.2, 0.25) is 0 Å². The van der Waals surface area contributed by atoms with Gasteiger partial charge < -0.3 is 9.73 Å². The standard InChI is InChI=1S/C7H8N6O2/c1-4-2-8-5(15-4)3-9-7(14)6-10-12-13-11-6/h2H,3H2,1H3,(H,9,14)(H,10,11,12,13). The van der Waals surface area contributed by atoms with Crippen LogP contribution in [0.5, 0.6) is 0 Å². The quantitative estimate of drug-likeness (QED) is 0.698. The second-order valence-corrected chi connectivity index (χ2v) is 2.78. The normalized spacial score (nSPS) is 10.2. The summed E-state index contributed by atoms with van der Waals surface area (Å²) in [6.45, 7) is 1.97. The fraction of sp³-hybridized carbons (Fsp3) is 0.286. The molecule has 0 unspecified atom stereocenters. The number of nitrogens with one attached hydrogen (secondary N) is 2. The first-order valence-electron chi connectivity index (χ1n) is 4.18. The van der Waals surface area contributed by atoms with Crippen LogP contribution >= 0.6 is 0 Å². The topological polar surface area (TPSA) is 110 Å². The molecule has 8 heteroatoms. The number of carbonyl (C=O) groups is 1. The third kappa shape index (κ3) is 2.16. The molecule has 0 spiro atoms. The minimum Gasteiger partial charge on any atom is -0.444 e. The number of aromatic amines is 1. The summed E-state index contributed by atoms with van der Waals surface area (Å²) in [5.41, 5.74) is 0. The summed E-state index contributed by atoms with van der Waals surface area (Å²) in [5.74, 6) is 0.682. The molecule has 0 radical (unpaired) electrons. The number of aromatic nitrogens is 5. The van der Waals surface area contributed by atoms with Crippen molar-refractivity contribution in [3.8, 4) is 0 Å². The smallest absolute Gasteiger partial charge is 0.293 e. The van der Waals surface area contributed by atoms with Crippen LogP contribution in [0.15, 0.2) is 10.6 Å². The van der Waals surface area contributed by atoms with Crippen molar-refractivity contribution in [2.45, 2.75) is 13.5 Å². The Balaban J connectivity index is 1.91. The Morgan fingerprint density at radius 2 is 2.53 bits per heavy atom. The van der Waals surface area contributed by atoms with Crippen LogP contribution in [0.3, 0.4) is 0 Å². The van der Waals surface area contributed by atoms with E-state index in [1.807, 2.05) is 0 Å². The van der Waals surface area contributed by atoms with Crippen LogP contribution < -0.4 is 5.32 Å². The Morgan fingerprint density at radius 1 is 1.67 bits per heavy atom. The van der Waals surface area contributed by atoms with E-state index in [1.165, 1.54) is 0 Å². The molecule has 0 aliphatic carbocycles. The zero-order chi connectivity index (χ0) is 10.7. The number of carbonyl (C=O) groups excluding carboxylic acids is 1. The first-order valence-corrected chi connectivity index (χ1v) is 4.18. The number of nitrogens with zero attached hydrogens (tertiary/aromatic N) is 4. The van der Waals surface area contributed by atoms with Crippen LogP contribution in [0.1, 0.15) is 22.3 Å². The number of tetrazole rings is 1. The van der Waals surface area contributed by atoms with E-state index in [4.69, 9.17) is 4.42 Å². The van der Waals surface area contributed by atoms with Crippen LogP contribution in [-0.4, -0.2) is 31.5 Å². The van der Waals surface area contributed by atoms with E-state index < -0.39 is 5.91 Å². The lowest BCUT2D eigenvalue weighted by Gasteiger charge is -1.96. The predicted octanol–water partition coefficient (Wildman–Crippen LogP) is -0.574. The number of rotatable bonds is 3. The summed E-state index contributed by atoms with van der Waals surface area (Å²) in [5, 5.41) is 15.0. The zero-order valence-electron chi connectivity index (χ0n) is 7.89. The molecule has 0 saturated carbocycles. The lowest BCUT2D eigenvalue weighted by atomic mass is 10.5. The number of H-pyrrole nitrogens is 1. The number of hydrogen-bond acceptors (Lipinski definition) is 6. The fourth-order valence-electron chi connectivity index (χ4n) is 0.976. The highest BCUT2D eigenvalue weighted by Gasteiger charge is 2.11. The highest BCUT2D eigenvalue weighted by molar-refractivity contribution is 5.89. The van der Waals surface area contributed by atoms with Crippen LogP contribution in [0, 0.1) is 6.92 Å². The maximum absolute atomic E-state index is 11.3. The molecule has 0 atom stereocenters. The van der Waals surface area contributed by atoms with E-state index in [0.717, 1.165) is 0 Å². The van der Waals surface area contributed by atoms with Crippen LogP contribution in [-0.2, 0) is 6.54 Å². The molecule has 1 amide bonds. The average molecular weight is 208 g/mol. The Kier molecular flexibility index (Phi) is 2.40. The molecular formula is C7H8N6O2. The van der Waals surface area contributed by atoms with Crippen molar-refractivity contribution in [1.29, 1.82) is 0 Å². The van der Waals surface area contributed by atoms with Gasteiger partial charge >= 0.3 is 0 Å². The van der Waals surface area contributed by atoms with Gasteiger partial charge in [0.15, 0.2) is 0 Å². The fourth-order valence-corrected chi connectivity index (χ4v) is 0.976. The van der Waals surface area contributed by atoms with Gasteiger partial charge in [-0.05, 0) is 12.1 Å². The van der Waals surface area contributed by atoms with Gasteiger partial charge in [0.1, 0.15) is 5.76 Å². The molecule has 15 heavy (non-hydrogen) atoms. The lowest BCUT2D eigenvalue weighted by Crippen LogP contribution is -2.24. The molecule has 0 aliphatic heterocycles. The summed E-state index contributed by atoms with van der Waals surface area (Å²) in [6.07, 6.45) is 1.58. The minimum atomic E-state index is -0.431. The average Bonchev–Trinajstić information content (AvgIpc) is 2.84. The minimum absolute atomic E-state index is 0.0155. The maximum atomic E-state index is 11.3. The molecule has 78 valence electrons. The monoisotopic (exact) mass is 208 g/mol. The predicted molar refractivity (Wildman–Crippen MR) is 46.6 cm³/mol. The Bertz CT molecular complexity index is 448. The van der Waals surface area contributed by atoms with Crippen molar-refractivity contribution in [3.05, 3.63) is 23.7 Å². The maximum Gasteiger partial charge on any atom is 0.293 e. The molecule has 2 aromatic rings. The van der Waals surface area contributed by atoms with Crippen molar-refractivity contribution < 1.29 is 9.21 Å². The number of hydrogen-bond donors (Lipinski definition) is 2. The molecule has 8 nitrogen and oxygen atoms in total. The SMILES string of the molecule is Cc1cnc(CNC(=O)c2nn[nH]n2)o1. The van der Waals surface area contributed by atoms with E-state index in [2.05, 4.69) is 30.9 Å².